The van der Waals surface area contributed by atoms with E-state index in [2.05, 4.69) is 4.98 Å². The van der Waals surface area contributed by atoms with Crippen LogP contribution in [0, 0.1) is 10.1 Å². The number of sulfone groups is 1. The topological polar surface area (TPSA) is 118 Å². The first-order valence-corrected chi connectivity index (χ1v) is 11.1. The molecule has 0 unspecified atom stereocenters. The average molecular weight is 416 g/mol. The van der Waals surface area contributed by atoms with Crippen LogP contribution in [0.2, 0.25) is 0 Å². The molecule has 0 spiro atoms. The van der Waals surface area contributed by atoms with E-state index in [1.807, 2.05) is 29.2 Å². The fourth-order valence-corrected chi connectivity index (χ4v) is 4.91. The lowest BCUT2D eigenvalue weighted by molar-refractivity contribution is -0.387. The summed E-state index contributed by atoms with van der Waals surface area (Å²) >= 11 is 0. The molecule has 0 atom stereocenters. The molecule has 29 heavy (non-hydrogen) atoms. The van der Waals surface area contributed by atoms with Gasteiger partial charge in [-0.1, -0.05) is 18.2 Å². The largest absolute Gasteiger partial charge is 0.366 e. The molecule has 152 valence electrons. The summed E-state index contributed by atoms with van der Waals surface area (Å²) in [4.78, 5) is 27.8. The molecular formula is C19H20N4O5S. The van der Waals surface area contributed by atoms with Gasteiger partial charge < -0.3 is 9.88 Å². The quantitative estimate of drug-likeness (QED) is 0.516. The van der Waals surface area contributed by atoms with Gasteiger partial charge in [-0.2, -0.15) is 0 Å². The first kappa shape index (κ1) is 19.2. The Balaban J connectivity index is 1.65. The molecule has 0 saturated carbocycles. The molecule has 2 aromatic carbocycles. The third-order valence-electron chi connectivity index (χ3n) is 5.35. The summed E-state index contributed by atoms with van der Waals surface area (Å²) in [7, 11) is -3.73. The van der Waals surface area contributed by atoms with Gasteiger partial charge in [0, 0.05) is 25.4 Å². The van der Waals surface area contributed by atoms with E-state index < -0.39 is 20.4 Å². The number of nitrogens with one attached hydrogen (secondary N) is 1. The third-order valence-corrected chi connectivity index (χ3v) is 6.48. The molecule has 1 aliphatic rings. The zero-order valence-electron chi connectivity index (χ0n) is 15.7. The number of hydrogen-bond donors (Lipinski definition) is 1. The second-order valence-electron chi connectivity index (χ2n) is 7.19. The highest BCUT2D eigenvalue weighted by atomic mass is 32.2. The van der Waals surface area contributed by atoms with E-state index in [0.29, 0.717) is 31.6 Å². The molecule has 1 saturated heterocycles. The van der Waals surface area contributed by atoms with Gasteiger partial charge in [0.15, 0.2) is 9.84 Å². The average Bonchev–Trinajstić information content (AvgIpc) is 3.02. The monoisotopic (exact) mass is 416 g/mol. The maximum atomic E-state index is 12.4. The SMILES string of the molecule is CS(=O)(=O)c1cccc(N2CCC(n3c(=O)[nH]c4ccccc43)CC2)c1[N+](=O)[O-]. The fraction of sp³-hybridized carbons (Fsp3) is 0.316. The van der Waals surface area contributed by atoms with Crippen molar-refractivity contribution in [1.82, 2.24) is 9.55 Å². The smallest absolute Gasteiger partial charge is 0.326 e. The Labute approximate surface area is 166 Å². The Morgan fingerprint density at radius 3 is 2.45 bits per heavy atom. The van der Waals surface area contributed by atoms with Gasteiger partial charge in [0.25, 0.3) is 0 Å². The minimum atomic E-state index is -3.73. The van der Waals surface area contributed by atoms with Crippen LogP contribution in [-0.2, 0) is 9.84 Å². The van der Waals surface area contributed by atoms with E-state index >= 15 is 0 Å². The molecule has 4 rings (SSSR count). The Morgan fingerprint density at radius 2 is 1.79 bits per heavy atom. The number of aromatic nitrogens is 2. The van der Waals surface area contributed by atoms with E-state index in [4.69, 9.17) is 0 Å². The van der Waals surface area contributed by atoms with Crippen LogP contribution in [0.25, 0.3) is 11.0 Å². The van der Waals surface area contributed by atoms with Crippen molar-refractivity contribution in [3.8, 4) is 0 Å². The first-order valence-electron chi connectivity index (χ1n) is 9.19. The number of nitro benzene ring substituents is 1. The highest BCUT2D eigenvalue weighted by molar-refractivity contribution is 7.90. The number of nitrogens with zero attached hydrogens (tertiary/aromatic N) is 3. The van der Waals surface area contributed by atoms with Gasteiger partial charge in [0.05, 0.1) is 16.0 Å². The second-order valence-corrected chi connectivity index (χ2v) is 9.17. The fourth-order valence-electron chi connectivity index (χ4n) is 4.05. The van der Waals surface area contributed by atoms with E-state index in [1.165, 1.54) is 12.1 Å². The number of fused-ring (bicyclic) bond motifs is 1. The second kappa shape index (κ2) is 7.03. The van der Waals surface area contributed by atoms with Crippen molar-refractivity contribution in [2.45, 2.75) is 23.8 Å². The van der Waals surface area contributed by atoms with Gasteiger partial charge in [0.2, 0.25) is 0 Å². The van der Waals surface area contributed by atoms with Crippen molar-refractivity contribution in [1.29, 1.82) is 0 Å². The van der Waals surface area contributed by atoms with Crippen molar-refractivity contribution in [3.05, 3.63) is 63.1 Å². The lowest BCUT2D eigenvalue weighted by atomic mass is 10.0. The summed E-state index contributed by atoms with van der Waals surface area (Å²) in [6, 6.07) is 11.8. The van der Waals surface area contributed by atoms with Crippen LogP contribution < -0.4 is 10.6 Å². The highest BCUT2D eigenvalue weighted by Gasteiger charge is 2.31. The van der Waals surface area contributed by atoms with E-state index in [0.717, 1.165) is 17.3 Å². The van der Waals surface area contributed by atoms with Gasteiger partial charge >= 0.3 is 11.4 Å². The molecule has 9 nitrogen and oxygen atoms in total. The Hall–Kier alpha value is -3.14. The van der Waals surface area contributed by atoms with Crippen LogP contribution in [0.4, 0.5) is 11.4 Å². The number of benzene rings is 2. The zero-order chi connectivity index (χ0) is 20.8. The Morgan fingerprint density at radius 1 is 1.10 bits per heavy atom. The molecule has 1 aromatic heterocycles. The van der Waals surface area contributed by atoms with Crippen molar-refractivity contribution >= 4 is 32.2 Å². The molecule has 0 amide bonds. The van der Waals surface area contributed by atoms with Gasteiger partial charge in [-0.15, -0.1) is 0 Å². The van der Waals surface area contributed by atoms with Crippen molar-refractivity contribution in [2.75, 3.05) is 24.2 Å². The molecule has 0 aliphatic carbocycles. The van der Waals surface area contributed by atoms with Crippen LogP contribution in [0.3, 0.4) is 0 Å². The van der Waals surface area contributed by atoms with Crippen LogP contribution in [0.15, 0.2) is 52.2 Å². The highest BCUT2D eigenvalue weighted by Crippen LogP contribution is 2.37. The number of hydrogen-bond acceptors (Lipinski definition) is 6. The molecule has 0 radical (unpaired) electrons. The van der Waals surface area contributed by atoms with Crippen LogP contribution in [-0.4, -0.2) is 42.2 Å². The van der Waals surface area contributed by atoms with Gasteiger partial charge in [-0.05, 0) is 37.1 Å². The normalized spacial score (nSPS) is 15.7. The molecule has 0 bridgehead atoms. The van der Waals surface area contributed by atoms with Crippen molar-refractivity contribution < 1.29 is 13.3 Å². The number of para-hydroxylation sites is 3. The number of piperidine rings is 1. The maximum Gasteiger partial charge on any atom is 0.326 e. The molecule has 1 aliphatic heterocycles. The lowest BCUT2D eigenvalue weighted by Gasteiger charge is -2.34. The maximum absolute atomic E-state index is 12.4. The zero-order valence-corrected chi connectivity index (χ0v) is 16.6. The van der Waals surface area contributed by atoms with E-state index in [-0.39, 0.29) is 16.6 Å². The lowest BCUT2D eigenvalue weighted by Crippen LogP contribution is -2.37. The molecular weight excluding hydrogens is 396 g/mol. The van der Waals surface area contributed by atoms with Crippen LogP contribution in [0.5, 0.6) is 0 Å². The summed E-state index contributed by atoms with van der Waals surface area (Å²) in [6.07, 6.45) is 2.19. The Kier molecular flexibility index (Phi) is 4.65. The Bertz CT molecular complexity index is 1250. The van der Waals surface area contributed by atoms with E-state index in [9.17, 15) is 23.3 Å². The molecule has 10 heteroatoms. The standard InChI is InChI=1S/C19H20N4O5S/c1-29(27,28)17-8-4-7-16(18(17)23(25)26)21-11-9-13(10-12-21)22-15-6-3-2-5-14(15)20-19(22)24/h2-8,13H,9-12H2,1H3,(H,20,24). The number of imidazole rings is 1. The molecule has 2 heterocycles. The van der Waals surface area contributed by atoms with Gasteiger partial charge in [0.1, 0.15) is 10.6 Å². The van der Waals surface area contributed by atoms with Gasteiger partial charge in [-0.3, -0.25) is 14.7 Å². The third kappa shape index (κ3) is 3.39. The number of nitro groups is 1. The first-order chi connectivity index (χ1) is 13.8. The number of aromatic amines is 1. The molecule has 1 N–H and O–H groups in total. The minimum absolute atomic E-state index is 0.0351. The summed E-state index contributed by atoms with van der Waals surface area (Å²) in [5, 5.41) is 11.6. The van der Waals surface area contributed by atoms with Crippen molar-refractivity contribution in [2.24, 2.45) is 0 Å². The number of anilines is 1. The predicted molar refractivity (Wildman–Crippen MR) is 109 cm³/mol. The molecule has 3 aromatic rings. The van der Waals surface area contributed by atoms with Crippen molar-refractivity contribution in [3.63, 3.8) is 0 Å². The van der Waals surface area contributed by atoms with Gasteiger partial charge in [-0.25, -0.2) is 13.2 Å². The summed E-state index contributed by atoms with van der Waals surface area (Å²) in [5.41, 5.74) is 1.34. The summed E-state index contributed by atoms with van der Waals surface area (Å²) in [5.74, 6) is 0. The predicted octanol–water partition coefficient (Wildman–Crippen LogP) is 2.48. The van der Waals surface area contributed by atoms with E-state index in [1.54, 1.807) is 10.6 Å². The summed E-state index contributed by atoms with van der Waals surface area (Å²) < 4.78 is 25.7. The number of H-pyrrole nitrogens is 1. The van der Waals surface area contributed by atoms with Crippen LogP contribution in [0.1, 0.15) is 18.9 Å². The van der Waals surface area contributed by atoms with Crippen LogP contribution >= 0.6 is 0 Å². The molecule has 1 fully saturated rings. The number of rotatable bonds is 4. The minimum Gasteiger partial charge on any atom is -0.366 e. The summed E-state index contributed by atoms with van der Waals surface area (Å²) in [6.45, 7) is 0.954.